The fourth-order valence-corrected chi connectivity index (χ4v) is 2.88. The van der Waals surface area contributed by atoms with Crippen molar-refractivity contribution >= 4 is 15.9 Å². The van der Waals surface area contributed by atoms with E-state index >= 15 is 0 Å². The summed E-state index contributed by atoms with van der Waals surface area (Å²) in [5, 5.41) is 3.44. The van der Waals surface area contributed by atoms with Crippen molar-refractivity contribution in [1.29, 1.82) is 0 Å². The number of halogens is 2. The Hall–Kier alpha value is -0.450. The predicted octanol–water partition coefficient (Wildman–Crippen LogP) is 3.16. The van der Waals surface area contributed by atoms with Gasteiger partial charge in [-0.1, -0.05) is 22.0 Å². The lowest BCUT2D eigenvalue weighted by atomic mass is 10.2. The second kappa shape index (κ2) is 6.64. The molecule has 1 aromatic carbocycles. The summed E-state index contributed by atoms with van der Waals surface area (Å²) in [7, 11) is 0. The Balaban J connectivity index is 1.77. The van der Waals surface area contributed by atoms with Gasteiger partial charge in [0.05, 0.1) is 0 Å². The minimum Gasteiger partial charge on any atom is -0.311 e. The summed E-state index contributed by atoms with van der Waals surface area (Å²) in [6, 6.07) is 5.42. The van der Waals surface area contributed by atoms with E-state index in [1.165, 1.54) is 38.1 Å². The van der Waals surface area contributed by atoms with E-state index in [0.29, 0.717) is 6.04 Å². The number of nitrogens with one attached hydrogen (secondary N) is 1. The molecule has 0 aromatic heterocycles. The summed E-state index contributed by atoms with van der Waals surface area (Å²) < 4.78 is 13.8. The van der Waals surface area contributed by atoms with Crippen LogP contribution in [0.5, 0.6) is 0 Å². The first-order chi connectivity index (χ1) is 8.66. The van der Waals surface area contributed by atoms with Crippen LogP contribution in [-0.4, -0.2) is 30.6 Å². The van der Waals surface area contributed by atoms with Gasteiger partial charge in [0.15, 0.2) is 0 Å². The van der Waals surface area contributed by atoms with Crippen LogP contribution in [-0.2, 0) is 6.54 Å². The highest BCUT2D eigenvalue weighted by Crippen LogP contribution is 2.18. The Bertz CT molecular complexity index is 391. The van der Waals surface area contributed by atoms with Crippen LogP contribution in [0.15, 0.2) is 22.7 Å². The lowest BCUT2D eigenvalue weighted by Crippen LogP contribution is -2.38. The van der Waals surface area contributed by atoms with Crippen LogP contribution in [0, 0.1) is 5.82 Å². The van der Waals surface area contributed by atoms with E-state index in [2.05, 4.69) is 33.1 Å². The molecule has 1 aliphatic rings. The minimum atomic E-state index is -0.198. The van der Waals surface area contributed by atoms with Crippen molar-refractivity contribution in [2.45, 2.75) is 32.4 Å². The molecular formula is C14H20BrFN2. The SMILES string of the molecule is CC(CNCc1ccc(F)cc1Br)N1CCCC1. The molecule has 0 saturated carbocycles. The van der Waals surface area contributed by atoms with Gasteiger partial charge in [-0.15, -0.1) is 0 Å². The molecule has 0 radical (unpaired) electrons. The standard InChI is InChI=1S/C14H20BrFN2/c1-11(18-6-2-3-7-18)9-17-10-12-4-5-13(16)8-14(12)15/h4-5,8,11,17H,2-3,6-7,9-10H2,1H3. The Morgan fingerprint density at radius 1 is 1.39 bits per heavy atom. The average molecular weight is 315 g/mol. The lowest BCUT2D eigenvalue weighted by Gasteiger charge is -2.24. The van der Waals surface area contributed by atoms with E-state index in [4.69, 9.17) is 0 Å². The fraction of sp³-hybridized carbons (Fsp3) is 0.571. The fourth-order valence-electron chi connectivity index (χ4n) is 2.39. The molecule has 4 heteroatoms. The predicted molar refractivity (Wildman–Crippen MR) is 76.1 cm³/mol. The van der Waals surface area contributed by atoms with Crippen molar-refractivity contribution in [2.75, 3.05) is 19.6 Å². The van der Waals surface area contributed by atoms with Crippen molar-refractivity contribution in [3.05, 3.63) is 34.1 Å². The van der Waals surface area contributed by atoms with Gasteiger partial charge in [0.1, 0.15) is 5.82 Å². The maximum atomic E-state index is 12.9. The van der Waals surface area contributed by atoms with Crippen LogP contribution >= 0.6 is 15.9 Å². The third-order valence-corrected chi connectivity index (χ3v) is 4.27. The van der Waals surface area contributed by atoms with Crippen LogP contribution in [0.1, 0.15) is 25.3 Å². The van der Waals surface area contributed by atoms with E-state index < -0.39 is 0 Å². The Morgan fingerprint density at radius 3 is 2.78 bits per heavy atom. The first-order valence-corrected chi connectivity index (χ1v) is 7.35. The zero-order valence-corrected chi connectivity index (χ0v) is 12.3. The Kier molecular flexibility index (Phi) is 5.15. The molecule has 0 spiro atoms. The second-order valence-electron chi connectivity index (χ2n) is 4.96. The number of hydrogen-bond acceptors (Lipinski definition) is 2. The molecule has 100 valence electrons. The third-order valence-electron chi connectivity index (χ3n) is 3.53. The summed E-state index contributed by atoms with van der Waals surface area (Å²) in [6.45, 7) is 6.47. The van der Waals surface area contributed by atoms with Crippen LogP contribution in [0.3, 0.4) is 0 Å². The van der Waals surface area contributed by atoms with Crippen LogP contribution in [0.4, 0.5) is 4.39 Å². The van der Waals surface area contributed by atoms with Crippen LogP contribution < -0.4 is 5.32 Å². The molecule has 1 heterocycles. The Labute approximate surface area is 117 Å². The van der Waals surface area contributed by atoms with Gasteiger partial charge in [0, 0.05) is 23.6 Å². The first kappa shape index (κ1) is 14.0. The molecule has 1 saturated heterocycles. The highest BCUT2D eigenvalue weighted by molar-refractivity contribution is 9.10. The second-order valence-corrected chi connectivity index (χ2v) is 5.81. The minimum absolute atomic E-state index is 0.198. The molecule has 1 aliphatic heterocycles. The molecule has 1 unspecified atom stereocenters. The van der Waals surface area contributed by atoms with Crippen molar-refractivity contribution in [3.63, 3.8) is 0 Å². The van der Waals surface area contributed by atoms with Gasteiger partial charge in [-0.2, -0.15) is 0 Å². The molecule has 1 fully saturated rings. The summed E-state index contributed by atoms with van der Waals surface area (Å²) in [5.41, 5.74) is 1.10. The van der Waals surface area contributed by atoms with Gasteiger partial charge >= 0.3 is 0 Å². The van der Waals surface area contributed by atoms with E-state index in [1.54, 1.807) is 0 Å². The van der Waals surface area contributed by atoms with E-state index in [0.717, 1.165) is 23.1 Å². The number of likely N-dealkylation sites (tertiary alicyclic amines) is 1. The summed E-state index contributed by atoms with van der Waals surface area (Å²) in [5.74, 6) is -0.198. The molecule has 1 atom stereocenters. The van der Waals surface area contributed by atoms with E-state index in [9.17, 15) is 4.39 Å². The summed E-state index contributed by atoms with van der Waals surface area (Å²) in [4.78, 5) is 2.52. The zero-order chi connectivity index (χ0) is 13.0. The molecule has 1 N–H and O–H groups in total. The monoisotopic (exact) mass is 314 g/mol. The highest BCUT2D eigenvalue weighted by atomic mass is 79.9. The summed E-state index contributed by atoms with van der Waals surface area (Å²) >= 11 is 3.39. The van der Waals surface area contributed by atoms with Crippen molar-refractivity contribution in [1.82, 2.24) is 10.2 Å². The van der Waals surface area contributed by atoms with Gasteiger partial charge < -0.3 is 5.32 Å². The first-order valence-electron chi connectivity index (χ1n) is 6.55. The normalized spacial score (nSPS) is 18.2. The molecule has 1 aromatic rings. The number of benzene rings is 1. The molecule has 18 heavy (non-hydrogen) atoms. The zero-order valence-electron chi connectivity index (χ0n) is 10.8. The number of rotatable bonds is 5. The molecule has 0 aliphatic carbocycles. The quantitative estimate of drug-likeness (QED) is 0.898. The van der Waals surface area contributed by atoms with Crippen molar-refractivity contribution in [2.24, 2.45) is 0 Å². The molecule has 0 amide bonds. The maximum Gasteiger partial charge on any atom is 0.124 e. The highest BCUT2D eigenvalue weighted by Gasteiger charge is 2.17. The maximum absolute atomic E-state index is 12.9. The number of nitrogens with zero attached hydrogens (tertiary/aromatic N) is 1. The van der Waals surface area contributed by atoms with Gasteiger partial charge in [-0.05, 0) is 50.6 Å². The smallest absolute Gasteiger partial charge is 0.124 e. The van der Waals surface area contributed by atoms with Crippen molar-refractivity contribution < 1.29 is 4.39 Å². The third kappa shape index (κ3) is 3.77. The Morgan fingerprint density at radius 2 is 2.11 bits per heavy atom. The van der Waals surface area contributed by atoms with Crippen LogP contribution in [0.25, 0.3) is 0 Å². The number of hydrogen-bond donors (Lipinski definition) is 1. The average Bonchev–Trinajstić information content (AvgIpc) is 2.85. The van der Waals surface area contributed by atoms with E-state index in [-0.39, 0.29) is 5.82 Å². The van der Waals surface area contributed by atoms with Gasteiger partial charge in [-0.3, -0.25) is 4.90 Å². The molecular weight excluding hydrogens is 295 g/mol. The lowest BCUT2D eigenvalue weighted by molar-refractivity contribution is 0.251. The van der Waals surface area contributed by atoms with Gasteiger partial charge in [-0.25, -0.2) is 4.39 Å². The molecule has 2 nitrogen and oxygen atoms in total. The summed E-state index contributed by atoms with van der Waals surface area (Å²) in [6.07, 6.45) is 2.65. The molecule has 2 rings (SSSR count). The van der Waals surface area contributed by atoms with Crippen LogP contribution in [0.2, 0.25) is 0 Å². The van der Waals surface area contributed by atoms with Gasteiger partial charge in [0.2, 0.25) is 0 Å². The molecule has 0 bridgehead atoms. The van der Waals surface area contributed by atoms with Crippen molar-refractivity contribution in [3.8, 4) is 0 Å². The van der Waals surface area contributed by atoms with E-state index in [1.807, 2.05) is 6.07 Å². The topological polar surface area (TPSA) is 15.3 Å². The van der Waals surface area contributed by atoms with Gasteiger partial charge in [0.25, 0.3) is 0 Å². The largest absolute Gasteiger partial charge is 0.311 e.